The maximum atomic E-state index is 12.3. The van der Waals surface area contributed by atoms with Gasteiger partial charge in [0.15, 0.2) is 5.78 Å². The summed E-state index contributed by atoms with van der Waals surface area (Å²) in [6.45, 7) is -0.192. The predicted molar refractivity (Wildman–Crippen MR) is 81.6 cm³/mol. The Hall–Kier alpha value is -2.01. The second-order valence-corrected chi connectivity index (χ2v) is 5.47. The highest BCUT2D eigenvalue weighted by Gasteiger charge is 2.34. The Bertz CT molecular complexity index is 636. The van der Waals surface area contributed by atoms with Crippen molar-refractivity contribution in [2.45, 2.75) is 24.7 Å². The molecule has 22 heavy (non-hydrogen) atoms. The second kappa shape index (κ2) is 6.40. The molecule has 2 N–H and O–H groups in total. The molecule has 1 aliphatic heterocycles. The van der Waals surface area contributed by atoms with Crippen LogP contribution in [0.25, 0.3) is 0 Å². The normalized spacial score (nSPS) is 24.4. The predicted octanol–water partition coefficient (Wildman–Crippen LogP) is 2.10. The Morgan fingerprint density at radius 2 is 1.68 bits per heavy atom. The molecule has 0 aromatic heterocycles. The van der Waals surface area contributed by atoms with E-state index in [9.17, 15) is 9.90 Å². The Morgan fingerprint density at radius 3 is 2.27 bits per heavy atom. The van der Waals surface area contributed by atoms with Gasteiger partial charge < -0.3 is 14.9 Å². The van der Waals surface area contributed by atoms with Gasteiger partial charge in [0.25, 0.3) is 0 Å². The molecule has 0 spiro atoms. The topological polar surface area (TPSA) is 66.8 Å². The van der Waals surface area contributed by atoms with E-state index in [-0.39, 0.29) is 18.5 Å². The van der Waals surface area contributed by atoms with Gasteiger partial charge in [-0.3, -0.25) is 4.79 Å². The first-order valence-corrected chi connectivity index (χ1v) is 7.33. The summed E-state index contributed by atoms with van der Waals surface area (Å²) in [5.74, 6) is -0.0206. The van der Waals surface area contributed by atoms with E-state index >= 15 is 0 Å². The summed E-state index contributed by atoms with van der Waals surface area (Å²) in [5, 5.41) is 18.9. The first-order chi connectivity index (χ1) is 10.7. The van der Waals surface area contributed by atoms with Crippen LogP contribution in [-0.4, -0.2) is 34.8 Å². The molecule has 0 unspecified atom stereocenters. The highest BCUT2D eigenvalue weighted by molar-refractivity contribution is 6.08. The molecular formula is C18H18O4. The van der Waals surface area contributed by atoms with E-state index in [1.54, 1.807) is 24.3 Å². The van der Waals surface area contributed by atoms with Gasteiger partial charge in [-0.05, 0) is 5.56 Å². The van der Waals surface area contributed by atoms with Crippen molar-refractivity contribution in [3.05, 3.63) is 71.3 Å². The van der Waals surface area contributed by atoms with Crippen molar-refractivity contribution in [1.29, 1.82) is 0 Å². The summed E-state index contributed by atoms with van der Waals surface area (Å²) in [6.07, 6.45) is -0.971. The number of hydrogen-bond acceptors (Lipinski definition) is 4. The number of aliphatic hydroxyl groups is 2. The molecule has 1 heterocycles. The smallest absolute Gasteiger partial charge is 0.193 e. The van der Waals surface area contributed by atoms with Gasteiger partial charge in [0.2, 0.25) is 0 Å². The van der Waals surface area contributed by atoms with Crippen LogP contribution in [0.2, 0.25) is 0 Å². The van der Waals surface area contributed by atoms with E-state index in [4.69, 9.17) is 9.84 Å². The standard InChI is InChI=1S/C18H18O4/c19-11-17-15(20)10-16(22-17)12-6-8-14(9-7-12)18(21)13-4-2-1-3-5-13/h1-9,15-17,19-20H,10-11H2/t15-,16+,17+/m0/s1. The zero-order valence-electron chi connectivity index (χ0n) is 12.1. The molecule has 2 aromatic carbocycles. The minimum absolute atomic E-state index is 0.0206. The number of aliphatic hydroxyl groups excluding tert-OH is 2. The van der Waals surface area contributed by atoms with Gasteiger partial charge >= 0.3 is 0 Å². The molecular weight excluding hydrogens is 280 g/mol. The van der Waals surface area contributed by atoms with Crippen LogP contribution >= 0.6 is 0 Å². The molecule has 4 heteroatoms. The fourth-order valence-corrected chi connectivity index (χ4v) is 2.71. The van der Waals surface area contributed by atoms with Gasteiger partial charge in [-0.25, -0.2) is 0 Å². The SMILES string of the molecule is O=C(c1ccccc1)c1ccc([C@H]2C[C@H](O)[C@@H](CO)O2)cc1. The minimum atomic E-state index is -0.652. The maximum Gasteiger partial charge on any atom is 0.193 e. The van der Waals surface area contributed by atoms with Crippen LogP contribution < -0.4 is 0 Å². The highest BCUT2D eigenvalue weighted by atomic mass is 16.5. The van der Waals surface area contributed by atoms with Crippen LogP contribution in [0.1, 0.15) is 34.0 Å². The van der Waals surface area contributed by atoms with E-state index in [2.05, 4.69) is 0 Å². The third-order valence-electron chi connectivity index (χ3n) is 3.98. The third-order valence-corrected chi connectivity index (χ3v) is 3.98. The number of ketones is 1. The van der Waals surface area contributed by atoms with Crippen molar-refractivity contribution in [2.75, 3.05) is 6.61 Å². The molecule has 114 valence electrons. The van der Waals surface area contributed by atoms with Crippen molar-refractivity contribution in [3.63, 3.8) is 0 Å². The molecule has 0 saturated carbocycles. The molecule has 3 rings (SSSR count). The fourth-order valence-electron chi connectivity index (χ4n) is 2.71. The minimum Gasteiger partial charge on any atom is -0.394 e. The zero-order valence-corrected chi connectivity index (χ0v) is 12.1. The average Bonchev–Trinajstić information content (AvgIpc) is 2.96. The van der Waals surface area contributed by atoms with Crippen molar-refractivity contribution in [3.8, 4) is 0 Å². The number of benzene rings is 2. The van der Waals surface area contributed by atoms with Crippen LogP contribution in [0.15, 0.2) is 54.6 Å². The molecule has 1 fully saturated rings. The van der Waals surface area contributed by atoms with Gasteiger partial charge in [-0.2, -0.15) is 0 Å². The lowest BCUT2D eigenvalue weighted by molar-refractivity contribution is -0.0225. The highest BCUT2D eigenvalue weighted by Crippen LogP contribution is 2.33. The summed E-state index contributed by atoms with van der Waals surface area (Å²) < 4.78 is 5.61. The van der Waals surface area contributed by atoms with Crippen LogP contribution in [0.5, 0.6) is 0 Å². The Kier molecular flexibility index (Phi) is 4.34. The lowest BCUT2D eigenvalue weighted by Crippen LogP contribution is -2.24. The Labute approximate surface area is 129 Å². The van der Waals surface area contributed by atoms with Gasteiger partial charge in [-0.1, -0.05) is 54.6 Å². The molecule has 0 radical (unpaired) electrons. The monoisotopic (exact) mass is 298 g/mol. The number of rotatable bonds is 4. The van der Waals surface area contributed by atoms with E-state index in [1.807, 2.05) is 30.3 Å². The van der Waals surface area contributed by atoms with Crippen molar-refractivity contribution >= 4 is 5.78 Å². The van der Waals surface area contributed by atoms with Crippen molar-refractivity contribution < 1.29 is 19.7 Å². The summed E-state index contributed by atoms with van der Waals surface area (Å²) in [6, 6.07) is 16.4. The van der Waals surface area contributed by atoms with Gasteiger partial charge in [0.1, 0.15) is 6.10 Å². The van der Waals surface area contributed by atoms with Crippen LogP contribution in [0.3, 0.4) is 0 Å². The summed E-state index contributed by atoms with van der Waals surface area (Å²) >= 11 is 0. The molecule has 3 atom stereocenters. The van der Waals surface area contributed by atoms with Crippen LogP contribution in [0.4, 0.5) is 0 Å². The first kappa shape index (κ1) is 14.9. The van der Waals surface area contributed by atoms with E-state index in [0.717, 1.165) is 5.56 Å². The molecule has 0 amide bonds. The summed E-state index contributed by atoms with van der Waals surface area (Å²) in [5.41, 5.74) is 2.18. The maximum absolute atomic E-state index is 12.3. The van der Waals surface area contributed by atoms with E-state index in [0.29, 0.717) is 17.5 Å². The molecule has 4 nitrogen and oxygen atoms in total. The number of carbonyl (C=O) groups excluding carboxylic acids is 1. The lowest BCUT2D eigenvalue weighted by atomic mass is 9.99. The largest absolute Gasteiger partial charge is 0.394 e. The van der Waals surface area contributed by atoms with Crippen molar-refractivity contribution in [1.82, 2.24) is 0 Å². The Morgan fingerprint density at radius 1 is 1.05 bits per heavy atom. The fraction of sp³-hybridized carbons (Fsp3) is 0.278. The van der Waals surface area contributed by atoms with E-state index in [1.165, 1.54) is 0 Å². The van der Waals surface area contributed by atoms with Crippen molar-refractivity contribution in [2.24, 2.45) is 0 Å². The zero-order chi connectivity index (χ0) is 15.5. The molecule has 0 bridgehead atoms. The average molecular weight is 298 g/mol. The summed E-state index contributed by atoms with van der Waals surface area (Å²) in [7, 11) is 0. The van der Waals surface area contributed by atoms with Gasteiger partial charge in [0, 0.05) is 17.5 Å². The first-order valence-electron chi connectivity index (χ1n) is 7.33. The quantitative estimate of drug-likeness (QED) is 0.848. The molecule has 1 aliphatic rings. The number of hydrogen-bond donors (Lipinski definition) is 2. The Balaban J connectivity index is 1.75. The number of carbonyl (C=O) groups is 1. The number of ether oxygens (including phenoxy) is 1. The van der Waals surface area contributed by atoms with Gasteiger partial charge in [0.05, 0.1) is 18.8 Å². The lowest BCUT2D eigenvalue weighted by Gasteiger charge is -2.12. The van der Waals surface area contributed by atoms with Gasteiger partial charge in [-0.15, -0.1) is 0 Å². The third kappa shape index (κ3) is 2.95. The molecule has 1 saturated heterocycles. The second-order valence-electron chi connectivity index (χ2n) is 5.47. The van der Waals surface area contributed by atoms with E-state index < -0.39 is 12.2 Å². The van der Waals surface area contributed by atoms with Crippen LogP contribution in [0, 0.1) is 0 Å². The summed E-state index contributed by atoms with van der Waals surface area (Å²) in [4.78, 5) is 12.3. The molecule has 0 aliphatic carbocycles. The molecule has 2 aromatic rings. The van der Waals surface area contributed by atoms with Crippen LogP contribution in [-0.2, 0) is 4.74 Å².